The Morgan fingerprint density at radius 3 is 2.91 bits per heavy atom. The largest absolute Gasteiger partial charge is 0.449 e. The highest BCUT2D eigenvalue weighted by Crippen LogP contribution is 2.45. The number of aliphatic hydroxyl groups excluding tert-OH is 1. The van der Waals surface area contributed by atoms with Crippen LogP contribution in [0.3, 0.4) is 0 Å². The normalized spacial score (nSPS) is 33.3. The highest BCUT2D eigenvalue weighted by atomic mass is 16.6. The number of likely N-dealkylation sites (tertiary alicyclic amines) is 1. The number of aliphatic hydroxyl groups is 1. The van der Waals surface area contributed by atoms with Crippen LogP contribution in [0, 0.1) is 0 Å². The number of amides is 1. The maximum Gasteiger partial charge on any atom is 0.410 e. The fraction of sp³-hybridized carbons (Fsp3) is 0.647. The molecule has 1 N–H and O–H groups in total. The Labute approximate surface area is 135 Å². The summed E-state index contributed by atoms with van der Waals surface area (Å²) in [5.74, 6) is -0.421. The number of fused-ring (bicyclic) bond motifs is 1. The number of carbonyl (C=O) groups excluding carboxylic acids is 2. The van der Waals surface area contributed by atoms with Gasteiger partial charge in [-0.05, 0) is 33.6 Å². The Hall–Kier alpha value is -1.82. The molecule has 6 heteroatoms. The van der Waals surface area contributed by atoms with Crippen molar-refractivity contribution in [1.29, 1.82) is 0 Å². The third-order valence-electron chi connectivity index (χ3n) is 4.47. The lowest BCUT2D eigenvalue weighted by Crippen LogP contribution is -2.56. The number of esters is 1. The number of rotatable bonds is 1. The average molecular weight is 321 g/mol. The summed E-state index contributed by atoms with van der Waals surface area (Å²) in [5.41, 5.74) is -0.814. The van der Waals surface area contributed by atoms with Gasteiger partial charge in [-0.15, -0.1) is 0 Å². The Kier molecular flexibility index (Phi) is 3.75. The highest BCUT2D eigenvalue weighted by Gasteiger charge is 2.55. The summed E-state index contributed by atoms with van der Waals surface area (Å²) in [6, 6.07) is -0.311. The average Bonchev–Trinajstić information content (AvgIpc) is 3.00. The van der Waals surface area contributed by atoms with E-state index in [1.807, 2.05) is 20.8 Å². The smallest absolute Gasteiger partial charge is 0.410 e. The van der Waals surface area contributed by atoms with E-state index >= 15 is 0 Å². The molecule has 2 heterocycles. The van der Waals surface area contributed by atoms with Crippen molar-refractivity contribution in [1.82, 2.24) is 4.90 Å². The molecular formula is C17H23NO5. The molecule has 2 aliphatic heterocycles. The van der Waals surface area contributed by atoms with Crippen LogP contribution >= 0.6 is 0 Å². The van der Waals surface area contributed by atoms with Gasteiger partial charge in [0.1, 0.15) is 5.60 Å². The summed E-state index contributed by atoms with van der Waals surface area (Å²) in [4.78, 5) is 26.0. The molecule has 1 amide bonds. The van der Waals surface area contributed by atoms with E-state index in [-0.39, 0.29) is 12.5 Å². The van der Waals surface area contributed by atoms with Crippen LogP contribution < -0.4 is 0 Å². The fourth-order valence-corrected chi connectivity index (χ4v) is 3.65. The van der Waals surface area contributed by atoms with Crippen molar-refractivity contribution in [2.24, 2.45) is 0 Å². The second kappa shape index (κ2) is 5.37. The Balaban J connectivity index is 1.90. The minimum absolute atomic E-state index is 0.269. The molecular weight excluding hydrogens is 298 g/mol. The first-order valence-electron chi connectivity index (χ1n) is 8.02. The third-order valence-corrected chi connectivity index (χ3v) is 4.47. The van der Waals surface area contributed by atoms with Gasteiger partial charge in [0.05, 0.1) is 12.1 Å². The molecule has 0 aromatic rings. The van der Waals surface area contributed by atoms with E-state index in [0.29, 0.717) is 13.0 Å². The van der Waals surface area contributed by atoms with E-state index in [0.717, 1.165) is 12.0 Å². The summed E-state index contributed by atoms with van der Waals surface area (Å²) in [5, 5.41) is 10.0. The SMILES string of the molecule is CC(C)(C)OC(=O)N1CCC[C@@H]1[C@@]12C[C@@H](O)C=CC1=CC(=O)O2. The van der Waals surface area contributed by atoms with Crippen molar-refractivity contribution in [2.75, 3.05) is 6.54 Å². The van der Waals surface area contributed by atoms with Crippen molar-refractivity contribution in [3.05, 3.63) is 23.8 Å². The van der Waals surface area contributed by atoms with E-state index in [1.165, 1.54) is 6.08 Å². The first-order chi connectivity index (χ1) is 10.7. The van der Waals surface area contributed by atoms with E-state index in [4.69, 9.17) is 9.47 Å². The molecule has 0 radical (unpaired) electrons. The summed E-state index contributed by atoms with van der Waals surface area (Å²) < 4.78 is 11.1. The molecule has 23 heavy (non-hydrogen) atoms. The maximum absolute atomic E-state index is 12.5. The van der Waals surface area contributed by atoms with Crippen molar-refractivity contribution in [3.63, 3.8) is 0 Å². The van der Waals surface area contributed by atoms with E-state index in [1.54, 1.807) is 17.1 Å². The summed E-state index contributed by atoms with van der Waals surface area (Å²) >= 11 is 0. The number of carbonyl (C=O) groups is 2. The lowest BCUT2D eigenvalue weighted by Gasteiger charge is -2.42. The molecule has 1 saturated heterocycles. The topological polar surface area (TPSA) is 76.1 Å². The van der Waals surface area contributed by atoms with Crippen LogP contribution in [-0.4, -0.2) is 52.0 Å². The summed E-state index contributed by atoms with van der Waals surface area (Å²) in [6.45, 7) is 6.03. The molecule has 0 aromatic heterocycles. The van der Waals surface area contributed by atoms with Crippen molar-refractivity contribution in [2.45, 2.75) is 63.4 Å². The van der Waals surface area contributed by atoms with E-state index in [2.05, 4.69) is 0 Å². The number of nitrogens with zero attached hydrogens (tertiary/aromatic N) is 1. The fourth-order valence-electron chi connectivity index (χ4n) is 3.65. The van der Waals surface area contributed by atoms with E-state index in [9.17, 15) is 14.7 Å². The van der Waals surface area contributed by atoms with Gasteiger partial charge in [0, 0.05) is 24.6 Å². The minimum Gasteiger partial charge on any atom is -0.449 e. The van der Waals surface area contributed by atoms with Crippen LogP contribution in [0.15, 0.2) is 23.8 Å². The zero-order valence-electron chi connectivity index (χ0n) is 13.7. The van der Waals surface area contributed by atoms with Gasteiger partial charge < -0.3 is 19.5 Å². The zero-order valence-corrected chi connectivity index (χ0v) is 13.7. The van der Waals surface area contributed by atoms with Gasteiger partial charge in [-0.2, -0.15) is 0 Å². The predicted molar refractivity (Wildman–Crippen MR) is 82.6 cm³/mol. The molecule has 3 atom stereocenters. The van der Waals surface area contributed by atoms with Crippen molar-refractivity contribution < 1.29 is 24.2 Å². The van der Waals surface area contributed by atoms with Gasteiger partial charge in [0.25, 0.3) is 0 Å². The molecule has 3 aliphatic rings. The maximum atomic E-state index is 12.5. The van der Waals surface area contributed by atoms with E-state index < -0.39 is 29.4 Å². The van der Waals surface area contributed by atoms with Gasteiger partial charge in [-0.1, -0.05) is 12.2 Å². The van der Waals surface area contributed by atoms with Crippen LogP contribution in [-0.2, 0) is 14.3 Å². The van der Waals surface area contributed by atoms with Crippen LogP contribution in [0.1, 0.15) is 40.0 Å². The van der Waals surface area contributed by atoms with Crippen LogP contribution in [0.2, 0.25) is 0 Å². The first-order valence-corrected chi connectivity index (χ1v) is 8.02. The lowest BCUT2D eigenvalue weighted by atomic mass is 9.77. The Bertz CT molecular complexity index is 588. The second-order valence-electron chi connectivity index (χ2n) is 7.37. The van der Waals surface area contributed by atoms with Crippen molar-refractivity contribution in [3.8, 4) is 0 Å². The number of hydrogen-bond acceptors (Lipinski definition) is 5. The van der Waals surface area contributed by atoms with Gasteiger partial charge >= 0.3 is 12.1 Å². The lowest BCUT2D eigenvalue weighted by molar-refractivity contribution is -0.153. The molecule has 6 nitrogen and oxygen atoms in total. The third kappa shape index (κ3) is 2.87. The molecule has 0 saturated carbocycles. The molecule has 3 rings (SSSR count). The predicted octanol–water partition coefficient (Wildman–Crippen LogP) is 1.93. The monoisotopic (exact) mass is 321 g/mol. The summed E-state index contributed by atoms with van der Waals surface area (Å²) in [6.07, 6.45) is 5.53. The quantitative estimate of drug-likeness (QED) is 0.747. The molecule has 126 valence electrons. The first kappa shape index (κ1) is 16.1. The molecule has 1 aliphatic carbocycles. The highest BCUT2D eigenvalue weighted by molar-refractivity contribution is 5.88. The number of ether oxygens (including phenoxy) is 2. The molecule has 0 spiro atoms. The molecule has 0 bridgehead atoms. The number of hydrogen-bond donors (Lipinski definition) is 1. The molecule has 0 unspecified atom stereocenters. The van der Waals surface area contributed by atoms with Crippen molar-refractivity contribution >= 4 is 12.1 Å². The minimum atomic E-state index is -0.960. The standard InChI is InChI=1S/C17H23NO5/c1-16(2,3)23-15(21)18-8-4-5-13(18)17-10-12(19)7-6-11(17)9-14(20)22-17/h6-7,9,12-13,19H,4-5,8,10H2,1-3H3/t12-,13+,17+/m0/s1. The van der Waals surface area contributed by atoms with Gasteiger partial charge in [-0.3, -0.25) is 0 Å². The Morgan fingerprint density at radius 2 is 2.22 bits per heavy atom. The molecule has 0 aromatic carbocycles. The van der Waals surface area contributed by atoms with Gasteiger partial charge in [-0.25, -0.2) is 9.59 Å². The Morgan fingerprint density at radius 1 is 1.48 bits per heavy atom. The van der Waals surface area contributed by atoms with Crippen LogP contribution in [0.5, 0.6) is 0 Å². The second-order valence-corrected chi connectivity index (χ2v) is 7.37. The van der Waals surface area contributed by atoms with Crippen LogP contribution in [0.25, 0.3) is 0 Å². The molecule has 1 fully saturated rings. The van der Waals surface area contributed by atoms with Gasteiger partial charge in [0.15, 0.2) is 5.60 Å². The van der Waals surface area contributed by atoms with Gasteiger partial charge in [0.2, 0.25) is 0 Å². The van der Waals surface area contributed by atoms with Crippen LogP contribution in [0.4, 0.5) is 4.79 Å². The summed E-state index contributed by atoms with van der Waals surface area (Å²) in [7, 11) is 0. The zero-order chi connectivity index (χ0) is 16.8.